The average Bonchev–Trinajstić information content (AvgIpc) is 3.05. The number of non-ortho nitro benzene ring substituents is 1. The van der Waals surface area contributed by atoms with E-state index in [0.717, 1.165) is 20.6 Å². The highest BCUT2D eigenvalue weighted by Crippen LogP contribution is 2.25. The van der Waals surface area contributed by atoms with E-state index in [1.807, 2.05) is 48.7 Å². The Morgan fingerprint density at radius 2 is 1.72 bits per heavy atom. The second-order valence-corrected chi connectivity index (χ2v) is 8.30. The number of esters is 1. The lowest BCUT2D eigenvalue weighted by Gasteiger charge is -2.10. The minimum Gasteiger partial charge on any atom is -0.462 e. The number of Topliss-reactive ketones (excluding diaryl/α,β-unsaturated/α-hetero) is 1. The van der Waals surface area contributed by atoms with Gasteiger partial charge in [0.1, 0.15) is 5.57 Å². The lowest BCUT2D eigenvalue weighted by Crippen LogP contribution is -2.16. The van der Waals surface area contributed by atoms with Gasteiger partial charge in [-0.25, -0.2) is 4.79 Å². The Kier molecular flexibility index (Phi) is 7.24. The molecule has 32 heavy (non-hydrogen) atoms. The number of hydrogen-bond acceptors (Lipinski definition) is 5. The minimum atomic E-state index is -0.741. The molecule has 8 heteroatoms. The van der Waals surface area contributed by atoms with E-state index in [1.165, 1.54) is 30.3 Å². The molecular weight excluding hydrogens is 523 g/mol. The van der Waals surface area contributed by atoms with Crippen molar-refractivity contribution in [2.24, 2.45) is 0 Å². The lowest BCUT2D eigenvalue weighted by molar-refractivity contribution is -0.384. The number of rotatable bonds is 7. The van der Waals surface area contributed by atoms with Crippen molar-refractivity contribution in [3.8, 4) is 5.69 Å². The molecule has 0 atom stereocenters. The zero-order valence-corrected chi connectivity index (χ0v) is 20.0. The average molecular weight is 544 g/mol. The van der Waals surface area contributed by atoms with Crippen molar-refractivity contribution in [2.75, 3.05) is 6.61 Å². The van der Waals surface area contributed by atoms with Crippen LogP contribution in [0.4, 0.5) is 5.69 Å². The summed E-state index contributed by atoms with van der Waals surface area (Å²) in [7, 11) is 0. The molecule has 0 saturated heterocycles. The molecule has 1 heterocycles. The fourth-order valence-corrected chi connectivity index (χ4v) is 3.75. The number of hydrogen-bond donors (Lipinski definition) is 0. The van der Waals surface area contributed by atoms with E-state index in [-0.39, 0.29) is 23.4 Å². The maximum absolute atomic E-state index is 13.1. The first-order valence-corrected chi connectivity index (χ1v) is 10.9. The summed E-state index contributed by atoms with van der Waals surface area (Å²) in [5.41, 5.74) is 3.39. The van der Waals surface area contributed by atoms with Crippen molar-refractivity contribution >= 4 is 46.1 Å². The Hall–Kier alpha value is -3.27. The Balaban J connectivity index is 2.06. The van der Waals surface area contributed by atoms with Gasteiger partial charge >= 0.3 is 5.97 Å². The largest absolute Gasteiger partial charge is 0.462 e. The Morgan fingerprint density at radius 3 is 2.28 bits per heavy atom. The summed E-state index contributed by atoms with van der Waals surface area (Å²) < 4.78 is 8.27. The van der Waals surface area contributed by atoms with Crippen LogP contribution in [0.2, 0.25) is 0 Å². The Labute approximate surface area is 199 Å². The van der Waals surface area contributed by atoms with Gasteiger partial charge < -0.3 is 9.30 Å². The first kappa shape index (κ1) is 23.4. The third kappa shape index (κ3) is 4.96. The van der Waals surface area contributed by atoms with E-state index in [2.05, 4.69) is 22.6 Å². The van der Waals surface area contributed by atoms with Crippen LogP contribution >= 0.6 is 22.6 Å². The van der Waals surface area contributed by atoms with Crippen LogP contribution in [0.1, 0.15) is 34.2 Å². The third-order valence-corrected chi connectivity index (χ3v) is 5.65. The summed E-state index contributed by atoms with van der Waals surface area (Å²) in [4.78, 5) is 36.1. The predicted molar refractivity (Wildman–Crippen MR) is 130 cm³/mol. The number of nitro groups is 1. The number of nitro benzene ring substituents is 1. The van der Waals surface area contributed by atoms with Gasteiger partial charge in [0.15, 0.2) is 5.78 Å². The molecule has 0 saturated carbocycles. The Morgan fingerprint density at radius 1 is 1.09 bits per heavy atom. The molecule has 0 aliphatic carbocycles. The smallest absolute Gasteiger partial charge is 0.342 e. The van der Waals surface area contributed by atoms with Gasteiger partial charge in [-0.15, -0.1) is 0 Å². The molecule has 7 nitrogen and oxygen atoms in total. The van der Waals surface area contributed by atoms with E-state index in [1.54, 1.807) is 6.92 Å². The molecule has 0 fully saturated rings. The second-order valence-electron chi connectivity index (χ2n) is 7.05. The van der Waals surface area contributed by atoms with Gasteiger partial charge in [-0.3, -0.25) is 14.9 Å². The van der Waals surface area contributed by atoms with Gasteiger partial charge in [0, 0.05) is 38.3 Å². The first-order chi connectivity index (χ1) is 15.2. The third-order valence-electron chi connectivity index (χ3n) is 4.94. The molecular formula is C24H21IN2O5. The fourth-order valence-electron chi connectivity index (χ4n) is 3.39. The van der Waals surface area contributed by atoms with Crippen molar-refractivity contribution in [2.45, 2.75) is 20.8 Å². The van der Waals surface area contributed by atoms with E-state index in [4.69, 9.17) is 4.74 Å². The topological polar surface area (TPSA) is 91.4 Å². The summed E-state index contributed by atoms with van der Waals surface area (Å²) in [5, 5.41) is 10.9. The predicted octanol–water partition coefficient (Wildman–Crippen LogP) is 5.44. The van der Waals surface area contributed by atoms with Crippen molar-refractivity contribution in [1.29, 1.82) is 0 Å². The van der Waals surface area contributed by atoms with Crippen LogP contribution < -0.4 is 0 Å². The molecule has 0 spiro atoms. The maximum Gasteiger partial charge on any atom is 0.342 e. The van der Waals surface area contributed by atoms with Gasteiger partial charge in [-0.1, -0.05) is 0 Å². The summed E-state index contributed by atoms with van der Waals surface area (Å²) in [6, 6.07) is 15.1. The zero-order valence-electron chi connectivity index (χ0n) is 17.8. The molecule has 1 aromatic heterocycles. The molecule has 0 radical (unpaired) electrons. The van der Waals surface area contributed by atoms with E-state index in [9.17, 15) is 19.7 Å². The monoisotopic (exact) mass is 544 g/mol. The summed E-state index contributed by atoms with van der Waals surface area (Å²) in [6.07, 6.45) is 1.52. The normalized spacial score (nSPS) is 11.3. The van der Waals surface area contributed by atoms with Crippen molar-refractivity contribution in [3.05, 3.63) is 96.4 Å². The summed E-state index contributed by atoms with van der Waals surface area (Å²) in [6.45, 7) is 5.64. The quantitative estimate of drug-likeness (QED) is 0.0578. The van der Waals surface area contributed by atoms with Gasteiger partial charge in [0.05, 0.1) is 11.5 Å². The summed E-state index contributed by atoms with van der Waals surface area (Å²) in [5.74, 6) is -1.30. The standard InChI is InChI=1S/C24H21IN2O5/c1-4-32-24(29)22(23(28)17-5-9-21(10-6-17)27(30)31)14-18-13-15(2)26(16(18)3)20-11-7-19(25)8-12-20/h5-14H,4H2,1-3H3. The number of nitrogens with zero attached hydrogens (tertiary/aromatic N) is 2. The van der Waals surface area contributed by atoms with Crippen LogP contribution in [0.25, 0.3) is 11.8 Å². The van der Waals surface area contributed by atoms with Crippen molar-refractivity contribution in [3.63, 3.8) is 0 Å². The second kappa shape index (κ2) is 9.90. The number of ketones is 1. The molecule has 164 valence electrons. The van der Waals surface area contributed by atoms with Crippen LogP contribution in [0, 0.1) is 27.5 Å². The van der Waals surface area contributed by atoms with Crippen molar-refractivity contribution < 1.29 is 19.2 Å². The van der Waals surface area contributed by atoms with Crippen molar-refractivity contribution in [1.82, 2.24) is 4.57 Å². The molecule has 0 unspecified atom stereocenters. The number of carbonyl (C=O) groups excluding carboxylic acids is 2. The van der Waals surface area contributed by atoms with E-state index in [0.29, 0.717) is 5.56 Å². The SMILES string of the molecule is CCOC(=O)C(=Cc1cc(C)n(-c2ccc(I)cc2)c1C)C(=O)c1ccc([N+](=O)[O-])cc1. The first-order valence-electron chi connectivity index (χ1n) is 9.85. The van der Waals surface area contributed by atoms with Gasteiger partial charge in [-0.2, -0.15) is 0 Å². The van der Waals surface area contributed by atoms with Gasteiger partial charge in [0.2, 0.25) is 0 Å². The molecule has 0 N–H and O–H groups in total. The molecule has 0 amide bonds. The van der Waals surface area contributed by atoms with E-state index >= 15 is 0 Å². The van der Waals surface area contributed by atoms with Crippen LogP contribution in [-0.2, 0) is 9.53 Å². The minimum absolute atomic E-state index is 0.116. The fraction of sp³-hybridized carbons (Fsp3) is 0.167. The molecule has 0 aliphatic heterocycles. The summed E-state index contributed by atoms with van der Waals surface area (Å²) >= 11 is 2.24. The number of benzene rings is 2. The van der Waals surface area contributed by atoms with E-state index < -0.39 is 16.7 Å². The van der Waals surface area contributed by atoms with Crippen LogP contribution in [0.5, 0.6) is 0 Å². The molecule has 2 aromatic carbocycles. The molecule has 3 rings (SSSR count). The number of carbonyl (C=O) groups is 2. The maximum atomic E-state index is 13.1. The zero-order chi connectivity index (χ0) is 23.4. The molecule has 3 aromatic rings. The number of halogens is 1. The highest BCUT2D eigenvalue weighted by atomic mass is 127. The van der Waals surface area contributed by atoms with Crippen LogP contribution in [0.3, 0.4) is 0 Å². The van der Waals surface area contributed by atoms with Crippen LogP contribution in [0.15, 0.2) is 60.2 Å². The van der Waals surface area contributed by atoms with Gasteiger partial charge in [0.25, 0.3) is 5.69 Å². The number of ether oxygens (including phenoxy) is 1. The lowest BCUT2D eigenvalue weighted by atomic mass is 10.0. The van der Waals surface area contributed by atoms with Crippen LogP contribution in [-0.4, -0.2) is 27.8 Å². The number of aromatic nitrogens is 1. The highest BCUT2D eigenvalue weighted by molar-refractivity contribution is 14.1. The highest BCUT2D eigenvalue weighted by Gasteiger charge is 2.23. The molecule has 0 aliphatic rings. The van der Waals surface area contributed by atoms with Gasteiger partial charge in [-0.05, 0) is 97.5 Å². The molecule has 0 bridgehead atoms. The number of aryl methyl sites for hydroxylation is 1. The Bertz CT molecular complexity index is 1210.